The number of amides is 1. The molecule has 0 aliphatic rings. The maximum Gasteiger partial charge on any atom is 0.242 e. The molecule has 0 aliphatic carbocycles. The Kier molecular flexibility index (Phi) is 5.20. The zero-order chi connectivity index (χ0) is 17.6. The number of nitrogens with zero attached hydrogens (tertiary/aromatic N) is 2. The molecule has 0 fully saturated rings. The maximum atomic E-state index is 12.9. The minimum atomic E-state index is -0.525. The van der Waals surface area contributed by atoms with E-state index in [1.54, 1.807) is 19.2 Å². The Labute approximate surface area is 149 Å². The summed E-state index contributed by atoms with van der Waals surface area (Å²) in [5, 5.41) is 9.37. The Morgan fingerprint density at radius 1 is 1.24 bits per heavy atom. The van der Waals surface area contributed by atoms with Crippen molar-refractivity contribution < 1.29 is 9.53 Å². The van der Waals surface area contributed by atoms with Gasteiger partial charge < -0.3 is 15.8 Å². The fraction of sp³-hybridized carbons (Fsp3) is 0.118. The van der Waals surface area contributed by atoms with Crippen molar-refractivity contribution in [3.63, 3.8) is 0 Å². The molecule has 8 heteroatoms. The van der Waals surface area contributed by atoms with Crippen LogP contribution in [0.1, 0.15) is 10.8 Å². The summed E-state index contributed by atoms with van der Waals surface area (Å²) in [6, 6.07) is 16.6. The molecule has 0 saturated carbocycles. The van der Waals surface area contributed by atoms with Crippen molar-refractivity contribution in [2.75, 3.05) is 18.2 Å². The molecule has 3 aromatic rings. The number of nitrogens with two attached hydrogens (primary N) is 1. The lowest BCUT2D eigenvalue weighted by Gasteiger charge is -2.15. The number of methoxy groups -OCH3 is 1. The summed E-state index contributed by atoms with van der Waals surface area (Å²) in [7, 11) is 1.58. The molecule has 1 heterocycles. The molecule has 0 spiro atoms. The van der Waals surface area contributed by atoms with Gasteiger partial charge in [0.05, 0.1) is 7.11 Å². The molecule has 1 aromatic heterocycles. The van der Waals surface area contributed by atoms with Crippen molar-refractivity contribution in [3.05, 3.63) is 60.2 Å². The van der Waals surface area contributed by atoms with Crippen LogP contribution in [0.4, 0.5) is 11.6 Å². The molecule has 1 amide bonds. The van der Waals surface area contributed by atoms with E-state index in [0.717, 1.165) is 5.56 Å². The standard InChI is InChI=1S/C17H17N5O2S/c1-24-13-9-5-8-12(10-13)19-15(23)14(11-6-3-2-4-7-11)25-17-20-16(18)21-22-17/h2-10,14H,1H3,(H,19,23)(H3,18,20,21,22)/t14-/m0/s1. The SMILES string of the molecule is COc1cccc(NC(=O)[C@@H](Sc2n[nH]c(N)n2)c2ccccc2)c1. The van der Waals surface area contributed by atoms with E-state index >= 15 is 0 Å². The van der Waals surface area contributed by atoms with Crippen LogP contribution in [0.3, 0.4) is 0 Å². The lowest BCUT2D eigenvalue weighted by Crippen LogP contribution is -2.19. The highest BCUT2D eigenvalue weighted by Gasteiger charge is 2.24. The number of hydrogen-bond donors (Lipinski definition) is 3. The average molecular weight is 355 g/mol. The third kappa shape index (κ3) is 4.30. The normalized spacial score (nSPS) is 11.7. The molecule has 7 nitrogen and oxygen atoms in total. The van der Waals surface area contributed by atoms with Crippen molar-refractivity contribution in [2.24, 2.45) is 0 Å². The van der Waals surface area contributed by atoms with Crippen molar-refractivity contribution in [1.82, 2.24) is 15.2 Å². The van der Waals surface area contributed by atoms with Crippen LogP contribution in [0.5, 0.6) is 5.75 Å². The second kappa shape index (κ2) is 7.71. The Morgan fingerprint density at radius 2 is 2.04 bits per heavy atom. The number of benzene rings is 2. The Morgan fingerprint density at radius 3 is 2.72 bits per heavy atom. The average Bonchev–Trinajstić information content (AvgIpc) is 3.05. The van der Waals surface area contributed by atoms with Crippen LogP contribution in [0.25, 0.3) is 0 Å². The first-order valence-corrected chi connectivity index (χ1v) is 8.38. The van der Waals surface area contributed by atoms with Gasteiger partial charge in [-0.05, 0) is 17.7 Å². The fourth-order valence-electron chi connectivity index (χ4n) is 2.23. The number of ether oxygens (including phenoxy) is 1. The largest absolute Gasteiger partial charge is 0.497 e. The number of carbonyl (C=O) groups excluding carboxylic acids is 1. The van der Waals surface area contributed by atoms with Gasteiger partial charge in [-0.3, -0.25) is 4.79 Å². The monoisotopic (exact) mass is 355 g/mol. The Bertz CT molecular complexity index is 853. The smallest absolute Gasteiger partial charge is 0.242 e. The Balaban J connectivity index is 1.83. The van der Waals surface area contributed by atoms with Crippen LogP contribution in [-0.4, -0.2) is 28.2 Å². The predicted octanol–water partition coefficient (Wildman–Crippen LogP) is 2.87. The number of H-pyrrole nitrogens is 1. The molecule has 0 radical (unpaired) electrons. The van der Waals surface area contributed by atoms with Gasteiger partial charge in [-0.15, -0.1) is 5.10 Å². The van der Waals surface area contributed by atoms with Gasteiger partial charge >= 0.3 is 0 Å². The van der Waals surface area contributed by atoms with Crippen molar-refractivity contribution in [1.29, 1.82) is 0 Å². The van der Waals surface area contributed by atoms with E-state index in [1.807, 2.05) is 42.5 Å². The predicted molar refractivity (Wildman–Crippen MR) is 97.5 cm³/mol. The number of aromatic amines is 1. The van der Waals surface area contributed by atoms with Gasteiger partial charge in [-0.25, -0.2) is 5.10 Å². The van der Waals surface area contributed by atoms with Gasteiger partial charge in [0.15, 0.2) is 0 Å². The van der Waals surface area contributed by atoms with Crippen LogP contribution < -0.4 is 15.8 Å². The van der Waals surface area contributed by atoms with Crippen molar-refractivity contribution in [2.45, 2.75) is 10.4 Å². The lowest BCUT2D eigenvalue weighted by molar-refractivity contribution is -0.115. The first-order valence-electron chi connectivity index (χ1n) is 7.50. The summed E-state index contributed by atoms with van der Waals surface area (Å²) in [6.45, 7) is 0. The third-order valence-corrected chi connectivity index (χ3v) is 4.50. The summed E-state index contributed by atoms with van der Waals surface area (Å²) in [5.74, 6) is 0.693. The zero-order valence-electron chi connectivity index (χ0n) is 13.5. The van der Waals surface area contributed by atoms with Crippen LogP contribution in [-0.2, 0) is 4.79 Å². The van der Waals surface area contributed by atoms with E-state index in [-0.39, 0.29) is 11.9 Å². The van der Waals surface area contributed by atoms with Crippen molar-refractivity contribution in [3.8, 4) is 5.75 Å². The molecule has 1 atom stereocenters. The number of thioether (sulfide) groups is 1. The topological polar surface area (TPSA) is 106 Å². The molecule has 3 rings (SSSR count). The summed E-state index contributed by atoms with van der Waals surface area (Å²) in [4.78, 5) is 16.9. The van der Waals surface area contributed by atoms with Gasteiger partial charge in [0, 0.05) is 11.8 Å². The summed E-state index contributed by atoms with van der Waals surface area (Å²) in [6.07, 6.45) is 0. The van der Waals surface area contributed by atoms with Gasteiger partial charge in [-0.1, -0.05) is 48.2 Å². The fourth-order valence-corrected chi connectivity index (χ4v) is 3.15. The lowest BCUT2D eigenvalue weighted by atomic mass is 10.1. The highest BCUT2D eigenvalue weighted by molar-refractivity contribution is 8.00. The zero-order valence-corrected chi connectivity index (χ0v) is 14.3. The second-order valence-electron chi connectivity index (χ2n) is 5.13. The van der Waals surface area contributed by atoms with E-state index < -0.39 is 5.25 Å². The van der Waals surface area contributed by atoms with Crippen LogP contribution in [0.2, 0.25) is 0 Å². The number of nitrogens with one attached hydrogen (secondary N) is 2. The number of nitrogen functional groups attached to an aromatic ring is 1. The van der Waals surface area contributed by atoms with Crippen LogP contribution in [0.15, 0.2) is 59.8 Å². The molecule has 0 saturated heterocycles. The van der Waals surface area contributed by atoms with E-state index in [4.69, 9.17) is 10.5 Å². The van der Waals surface area contributed by atoms with Crippen LogP contribution >= 0.6 is 11.8 Å². The summed E-state index contributed by atoms with van der Waals surface area (Å²) < 4.78 is 5.19. The quantitative estimate of drug-likeness (QED) is 0.587. The van der Waals surface area contributed by atoms with Gasteiger partial charge in [0.25, 0.3) is 0 Å². The van der Waals surface area contributed by atoms with Gasteiger partial charge in [0.1, 0.15) is 11.0 Å². The molecule has 0 bridgehead atoms. The Hall–Kier alpha value is -3.00. The molecule has 0 aliphatic heterocycles. The second-order valence-corrected chi connectivity index (χ2v) is 6.21. The number of carbonyl (C=O) groups is 1. The molecule has 4 N–H and O–H groups in total. The van der Waals surface area contributed by atoms with Gasteiger partial charge in [-0.2, -0.15) is 4.98 Å². The van der Waals surface area contributed by atoms with E-state index in [1.165, 1.54) is 11.8 Å². The number of aromatic nitrogens is 3. The minimum absolute atomic E-state index is 0.187. The molecule has 25 heavy (non-hydrogen) atoms. The minimum Gasteiger partial charge on any atom is -0.497 e. The number of hydrogen-bond acceptors (Lipinski definition) is 6. The summed E-state index contributed by atoms with van der Waals surface area (Å²) >= 11 is 1.22. The highest BCUT2D eigenvalue weighted by Crippen LogP contribution is 2.34. The maximum absolute atomic E-state index is 12.9. The molecular weight excluding hydrogens is 338 g/mol. The van der Waals surface area contributed by atoms with Crippen molar-refractivity contribution >= 4 is 29.3 Å². The number of rotatable bonds is 6. The summed E-state index contributed by atoms with van der Waals surface area (Å²) in [5.41, 5.74) is 7.06. The van der Waals surface area contributed by atoms with Gasteiger partial charge in [0.2, 0.25) is 17.0 Å². The first kappa shape index (κ1) is 16.8. The first-order chi connectivity index (χ1) is 12.2. The van der Waals surface area contributed by atoms with E-state index in [2.05, 4.69) is 20.5 Å². The third-order valence-electron chi connectivity index (χ3n) is 3.38. The van der Waals surface area contributed by atoms with E-state index in [9.17, 15) is 4.79 Å². The number of anilines is 2. The molecule has 128 valence electrons. The molecular formula is C17H17N5O2S. The van der Waals surface area contributed by atoms with E-state index in [0.29, 0.717) is 16.6 Å². The van der Waals surface area contributed by atoms with Crippen LogP contribution in [0, 0.1) is 0 Å². The molecule has 0 unspecified atom stereocenters. The highest BCUT2D eigenvalue weighted by atomic mass is 32.2. The molecule has 2 aromatic carbocycles.